The van der Waals surface area contributed by atoms with Gasteiger partial charge in [-0.25, -0.2) is 0 Å². The van der Waals surface area contributed by atoms with Gasteiger partial charge in [0.1, 0.15) is 9.80 Å². The Balaban J connectivity index is 3.20. The van der Waals surface area contributed by atoms with Crippen LogP contribution >= 0.6 is 45.2 Å². The van der Waals surface area contributed by atoms with E-state index in [0.717, 1.165) is 3.57 Å². The van der Waals surface area contributed by atoms with E-state index in [1.165, 1.54) is 0 Å². The summed E-state index contributed by atoms with van der Waals surface area (Å²) in [6.45, 7) is 0. The van der Waals surface area contributed by atoms with Crippen LogP contribution in [0.1, 0.15) is 9.67 Å². The molecule has 0 saturated heterocycles. The highest BCUT2D eigenvalue weighted by molar-refractivity contribution is 14.1. The van der Waals surface area contributed by atoms with Crippen LogP contribution in [0.2, 0.25) is 0 Å². The average Bonchev–Trinajstić information content (AvgIpc) is 2.03. The van der Waals surface area contributed by atoms with Crippen LogP contribution in [0.15, 0.2) is 23.4 Å². The number of alkyl halides is 1. The lowest BCUT2D eigenvalue weighted by Gasteiger charge is -2.04. The van der Waals surface area contributed by atoms with Crippen molar-refractivity contribution in [2.45, 2.75) is 4.11 Å². The van der Waals surface area contributed by atoms with Crippen molar-refractivity contribution in [2.75, 3.05) is 0 Å². The van der Waals surface area contributed by atoms with Crippen LogP contribution in [0.3, 0.4) is 0 Å². The maximum Gasteiger partial charge on any atom is 0.132 e. The van der Waals surface area contributed by atoms with Gasteiger partial charge in [-0.1, -0.05) is 6.07 Å². The Hall–Kier alpha value is 0.240. The monoisotopic (exact) mass is 389 g/mol. The highest BCUT2D eigenvalue weighted by atomic mass is 127. The maximum absolute atomic E-state index is 10.3. The first-order chi connectivity index (χ1) is 5.65. The topological polar surface area (TPSA) is 49.7 Å². The van der Waals surface area contributed by atoms with Gasteiger partial charge in [0.05, 0.1) is 0 Å². The molecule has 0 unspecified atom stereocenters. The molecule has 0 aliphatic rings. The maximum atomic E-state index is 10.3. The van der Waals surface area contributed by atoms with Crippen LogP contribution < -0.4 is 0 Å². The van der Waals surface area contributed by atoms with E-state index in [9.17, 15) is 10.0 Å². The summed E-state index contributed by atoms with van der Waals surface area (Å²) in [6.07, 6.45) is 0. The molecule has 0 spiro atoms. The molecular formula is C7H5I2NO2. The fraction of sp³-hybridized carbons (Fsp3) is 0.143. The zero-order chi connectivity index (χ0) is 9.14. The van der Waals surface area contributed by atoms with Crippen molar-refractivity contribution in [3.8, 4) is 0 Å². The van der Waals surface area contributed by atoms with E-state index in [-0.39, 0.29) is 0 Å². The Morgan fingerprint density at radius 2 is 2.17 bits per heavy atom. The van der Waals surface area contributed by atoms with Gasteiger partial charge < -0.3 is 5.11 Å². The quantitative estimate of drug-likeness (QED) is 0.480. The molecule has 0 amide bonds. The van der Waals surface area contributed by atoms with E-state index in [1.807, 2.05) is 28.7 Å². The van der Waals surface area contributed by atoms with Crippen LogP contribution in [0.25, 0.3) is 0 Å². The molecule has 0 bridgehead atoms. The summed E-state index contributed by atoms with van der Waals surface area (Å²) < 4.78 is 0.260. The predicted octanol–water partition coefficient (Wildman–Crippen LogP) is 3.12. The normalized spacial score (nSPS) is 12.6. The van der Waals surface area contributed by atoms with Gasteiger partial charge in [-0.2, -0.15) is 0 Å². The lowest BCUT2D eigenvalue weighted by molar-refractivity contribution is 0.287. The van der Waals surface area contributed by atoms with Crippen molar-refractivity contribution in [3.63, 3.8) is 0 Å². The second kappa shape index (κ2) is 4.47. The number of nitroso groups, excluding NO2 is 1. The predicted molar refractivity (Wildman–Crippen MR) is 63.6 cm³/mol. The van der Waals surface area contributed by atoms with Crippen LogP contribution in [0.4, 0.5) is 5.69 Å². The number of nitrogens with zero attached hydrogens (tertiary/aromatic N) is 1. The molecule has 0 radical (unpaired) electrons. The third-order valence-corrected chi connectivity index (χ3v) is 2.69. The lowest BCUT2D eigenvalue weighted by atomic mass is 10.2. The minimum absolute atomic E-state index is 0.309. The van der Waals surface area contributed by atoms with E-state index in [0.29, 0.717) is 11.3 Å². The molecule has 1 atom stereocenters. The van der Waals surface area contributed by atoms with Crippen LogP contribution in [-0.2, 0) is 0 Å². The molecular weight excluding hydrogens is 384 g/mol. The van der Waals surface area contributed by atoms with Crippen molar-refractivity contribution in [1.29, 1.82) is 0 Å². The molecule has 3 nitrogen and oxygen atoms in total. The van der Waals surface area contributed by atoms with Gasteiger partial charge in [0, 0.05) is 9.13 Å². The number of hydrogen-bond acceptors (Lipinski definition) is 3. The standard InChI is InChI=1S/C7H5I2NO2/c8-4-1-2-5(7(9)11)6(3-4)10-12/h1-3,7,11H/t7-/m1/s1. The van der Waals surface area contributed by atoms with Crippen LogP contribution in [0.5, 0.6) is 0 Å². The highest BCUT2D eigenvalue weighted by Crippen LogP contribution is 2.30. The minimum atomic E-state index is -0.674. The first-order valence-corrected chi connectivity index (χ1v) is 5.42. The summed E-state index contributed by atoms with van der Waals surface area (Å²) in [7, 11) is 0. The zero-order valence-electron chi connectivity index (χ0n) is 5.87. The molecule has 1 rings (SSSR count). The van der Waals surface area contributed by atoms with Crippen molar-refractivity contribution >= 4 is 50.9 Å². The van der Waals surface area contributed by atoms with Gasteiger partial charge in [-0.05, 0) is 62.5 Å². The largest absolute Gasteiger partial charge is 0.378 e. The molecule has 0 aliphatic carbocycles. The van der Waals surface area contributed by atoms with Crippen LogP contribution in [-0.4, -0.2) is 5.11 Å². The summed E-state index contributed by atoms with van der Waals surface area (Å²) in [4.78, 5) is 10.3. The van der Waals surface area contributed by atoms with Gasteiger partial charge in [0.25, 0.3) is 0 Å². The number of rotatable bonds is 2. The molecule has 0 aliphatic heterocycles. The summed E-state index contributed by atoms with van der Waals surface area (Å²) in [5, 5.41) is 12.0. The first kappa shape index (κ1) is 10.3. The molecule has 64 valence electrons. The molecule has 0 fully saturated rings. The van der Waals surface area contributed by atoms with Crippen molar-refractivity contribution < 1.29 is 5.11 Å². The van der Waals surface area contributed by atoms with Gasteiger partial charge >= 0.3 is 0 Å². The first-order valence-electron chi connectivity index (χ1n) is 3.10. The minimum Gasteiger partial charge on any atom is -0.378 e. The Kier molecular flexibility index (Phi) is 3.84. The zero-order valence-corrected chi connectivity index (χ0v) is 10.2. The SMILES string of the molecule is O=Nc1cc(I)ccc1[C@@H](O)I. The number of benzene rings is 1. The summed E-state index contributed by atoms with van der Waals surface area (Å²) >= 11 is 3.91. The molecule has 1 aromatic carbocycles. The molecule has 1 aromatic rings. The third kappa shape index (κ3) is 2.36. The Labute approximate surface area is 96.8 Å². The molecule has 0 saturated carbocycles. The van der Waals surface area contributed by atoms with E-state index in [1.54, 1.807) is 12.1 Å². The lowest BCUT2D eigenvalue weighted by Crippen LogP contribution is -1.87. The molecule has 0 aromatic heterocycles. The molecule has 0 heterocycles. The highest BCUT2D eigenvalue weighted by Gasteiger charge is 2.09. The fourth-order valence-electron chi connectivity index (χ4n) is 0.797. The molecule has 12 heavy (non-hydrogen) atoms. The fourth-order valence-corrected chi connectivity index (χ4v) is 1.80. The average molecular weight is 389 g/mol. The number of aliphatic hydroxyl groups is 1. The third-order valence-electron chi connectivity index (χ3n) is 1.35. The van der Waals surface area contributed by atoms with E-state index in [2.05, 4.69) is 27.8 Å². The van der Waals surface area contributed by atoms with Crippen molar-refractivity contribution in [3.05, 3.63) is 32.2 Å². The number of halogens is 2. The number of aliphatic hydroxyl groups excluding tert-OH is 1. The summed E-state index contributed by atoms with van der Waals surface area (Å²) in [6, 6.07) is 5.17. The second-order valence-corrected chi connectivity index (χ2v) is 4.56. The number of hydrogen-bond donors (Lipinski definition) is 1. The van der Waals surface area contributed by atoms with Crippen LogP contribution in [0, 0.1) is 8.48 Å². The molecule has 1 N–H and O–H groups in total. The Bertz CT molecular complexity index is 301. The smallest absolute Gasteiger partial charge is 0.132 e. The molecule has 5 heteroatoms. The van der Waals surface area contributed by atoms with Crippen molar-refractivity contribution in [2.24, 2.45) is 5.18 Å². The Morgan fingerprint density at radius 1 is 1.50 bits per heavy atom. The van der Waals surface area contributed by atoms with E-state index >= 15 is 0 Å². The summed E-state index contributed by atoms with van der Waals surface area (Å²) in [5.41, 5.74) is 0.870. The van der Waals surface area contributed by atoms with E-state index in [4.69, 9.17) is 0 Å². The van der Waals surface area contributed by atoms with Gasteiger partial charge in [-0.15, -0.1) is 4.91 Å². The van der Waals surface area contributed by atoms with E-state index < -0.39 is 4.11 Å². The van der Waals surface area contributed by atoms with Gasteiger partial charge in [0.15, 0.2) is 0 Å². The van der Waals surface area contributed by atoms with Crippen molar-refractivity contribution in [1.82, 2.24) is 0 Å². The van der Waals surface area contributed by atoms with Gasteiger partial charge in [0.2, 0.25) is 0 Å². The summed E-state index contributed by atoms with van der Waals surface area (Å²) in [5.74, 6) is 0. The van der Waals surface area contributed by atoms with Gasteiger partial charge in [-0.3, -0.25) is 0 Å². The Morgan fingerprint density at radius 3 is 2.67 bits per heavy atom. The second-order valence-electron chi connectivity index (χ2n) is 2.13.